The van der Waals surface area contributed by atoms with Crippen LogP contribution in [0.4, 0.5) is 4.79 Å². The van der Waals surface area contributed by atoms with Crippen LogP contribution in [-0.2, 0) is 16.2 Å². The molecule has 1 saturated carbocycles. The molecule has 0 spiro atoms. The summed E-state index contributed by atoms with van der Waals surface area (Å²) in [5.41, 5.74) is 1.59. The molecule has 3 aromatic carbocycles. The van der Waals surface area contributed by atoms with E-state index in [2.05, 4.69) is 46.1 Å². The van der Waals surface area contributed by atoms with Gasteiger partial charge in [-0.2, -0.15) is 0 Å². The van der Waals surface area contributed by atoms with Crippen LogP contribution >= 0.6 is 22.6 Å². The number of barbiturate groups is 1. The summed E-state index contributed by atoms with van der Waals surface area (Å²) in [5.74, 6) is -0.179. The molecule has 4 amide bonds. The molecular weight excluding hydrogens is 571 g/mol. The van der Waals surface area contributed by atoms with Crippen molar-refractivity contribution in [2.45, 2.75) is 38.3 Å². The maximum absolute atomic E-state index is 13.1. The van der Waals surface area contributed by atoms with Gasteiger partial charge in [0.2, 0.25) is 0 Å². The van der Waals surface area contributed by atoms with E-state index in [1.165, 1.54) is 11.0 Å². The highest BCUT2D eigenvalue weighted by molar-refractivity contribution is 14.1. The summed E-state index contributed by atoms with van der Waals surface area (Å²) in [6.07, 6.45) is 4.95. The fourth-order valence-corrected chi connectivity index (χ4v) is 5.64. The predicted molar refractivity (Wildman–Crippen MR) is 145 cm³/mol. The number of methoxy groups -OCH3 is 1. The van der Waals surface area contributed by atoms with E-state index in [4.69, 9.17) is 9.47 Å². The van der Waals surface area contributed by atoms with Crippen molar-refractivity contribution in [3.8, 4) is 11.5 Å². The van der Waals surface area contributed by atoms with Crippen LogP contribution in [0.1, 0.15) is 36.8 Å². The molecule has 36 heavy (non-hydrogen) atoms. The quantitative estimate of drug-likeness (QED) is 0.233. The molecule has 1 N–H and O–H groups in total. The fourth-order valence-electron chi connectivity index (χ4n) is 4.86. The van der Waals surface area contributed by atoms with Crippen molar-refractivity contribution in [2.24, 2.45) is 0 Å². The summed E-state index contributed by atoms with van der Waals surface area (Å²) in [6.45, 7) is 0.355. The highest BCUT2D eigenvalue weighted by atomic mass is 127. The van der Waals surface area contributed by atoms with Crippen LogP contribution in [0.2, 0.25) is 0 Å². The van der Waals surface area contributed by atoms with Crippen molar-refractivity contribution < 1.29 is 23.9 Å². The van der Waals surface area contributed by atoms with Gasteiger partial charge in [-0.3, -0.25) is 19.8 Å². The largest absolute Gasteiger partial charge is 0.493 e. The Balaban J connectivity index is 1.42. The molecule has 8 heteroatoms. The second-order valence-electron chi connectivity index (χ2n) is 8.89. The van der Waals surface area contributed by atoms with Crippen LogP contribution in [0.25, 0.3) is 16.8 Å². The standard InChI is InChI=1S/C28H25IN2O5/c1-35-24-15-17(13-22-26(32)30-28(34)31(27(22)33)20-10-3-4-11-20)14-23(29)25(24)36-16-19-9-6-8-18-7-2-5-12-21(18)19/h2,5-9,12-15,20H,3-4,10-11,16H2,1H3,(H,30,32,34)/b22-13+. The fraction of sp³-hybridized carbons (Fsp3) is 0.250. The monoisotopic (exact) mass is 596 g/mol. The van der Waals surface area contributed by atoms with E-state index in [0.717, 1.165) is 45.6 Å². The summed E-state index contributed by atoms with van der Waals surface area (Å²) >= 11 is 2.15. The Morgan fingerprint density at radius 3 is 2.58 bits per heavy atom. The number of benzene rings is 3. The van der Waals surface area contributed by atoms with Crippen molar-refractivity contribution >= 4 is 57.3 Å². The summed E-state index contributed by atoms with van der Waals surface area (Å²) < 4.78 is 12.6. The van der Waals surface area contributed by atoms with E-state index in [-0.39, 0.29) is 11.6 Å². The summed E-state index contributed by atoms with van der Waals surface area (Å²) in [6, 6.07) is 17.0. The maximum Gasteiger partial charge on any atom is 0.331 e. The van der Waals surface area contributed by atoms with Crippen LogP contribution in [-0.4, -0.2) is 35.9 Å². The molecule has 1 aliphatic heterocycles. The molecule has 2 fully saturated rings. The minimum Gasteiger partial charge on any atom is -0.493 e. The van der Waals surface area contributed by atoms with Gasteiger partial charge in [-0.05, 0) is 75.5 Å². The number of halogens is 1. The Morgan fingerprint density at radius 1 is 1.06 bits per heavy atom. The zero-order valence-corrected chi connectivity index (χ0v) is 21.9. The van der Waals surface area contributed by atoms with Gasteiger partial charge in [0.1, 0.15) is 12.2 Å². The first-order valence-corrected chi connectivity index (χ1v) is 12.9. The van der Waals surface area contributed by atoms with Gasteiger partial charge in [0.25, 0.3) is 11.8 Å². The van der Waals surface area contributed by atoms with Gasteiger partial charge in [-0.25, -0.2) is 4.79 Å². The SMILES string of the molecule is COc1cc(/C=C2\C(=O)NC(=O)N(C3CCCC3)C2=O)cc(I)c1OCc1cccc2ccccc12. The van der Waals surface area contributed by atoms with Crippen LogP contribution in [0.5, 0.6) is 11.5 Å². The third-order valence-electron chi connectivity index (χ3n) is 6.64. The van der Waals surface area contributed by atoms with E-state index in [9.17, 15) is 14.4 Å². The van der Waals surface area contributed by atoms with Crippen LogP contribution in [0, 0.1) is 3.57 Å². The number of imide groups is 2. The van der Waals surface area contributed by atoms with Gasteiger partial charge >= 0.3 is 6.03 Å². The van der Waals surface area contributed by atoms with Crippen LogP contribution in [0.15, 0.2) is 60.2 Å². The lowest BCUT2D eigenvalue weighted by molar-refractivity contribution is -0.131. The van der Waals surface area contributed by atoms with Gasteiger partial charge < -0.3 is 9.47 Å². The number of hydrogen-bond donors (Lipinski definition) is 1. The molecule has 7 nitrogen and oxygen atoms in total. The average Bonchev–Trinajstić information content (AvgIpc) is 3.40. The molecule has 5 rings (SSSR count). The normalized spacial score (nSPS) is 17.7. The number of fused-ring (bicyclic) bond motifs is 1. The Morgan fingerprint density at radius 2 is 1.81 bits per heavy atom. The van der Waals surface area contributed by atoms with Gasteiger partial charge in [-0.15, -0.1) is 0 Å². The molecule has 0 atom stereocenters. The van der Waals surface area contributed by atoms with Gasteiger partial charge in [0.05, 0.1) is 10.7 Å². The second-order valence-corrected chi connectivity index (χ2v) is 10.1. The smallest absolute Gasteiger partial charge is 0.331 e. The third-order valence-corrected chi connectivity index (χ3v) is 7.44. The van der Waals surface area contributed by atoms with Crippen molar-refractivity contribution in [1.82, 2.24) is 10.2 Å². The molecule has 0 aromatic heterocycles. The van der Waals surface area contributed by atoms with E-state index >= 15 is 0 Å². The molecule has 1 aliphatic carbocycles. The lowest BCUT2D eigenvalue weighted by atomic mass is 10.0. The molecule has 0 unspecified atom stereocenters. The van der Waals surface area contributed by atoms with E-state index in [0.29, 0.717) is 23.7 Å². The Hall–Kier alpha value is -3.40. The lowest BCUT2D eigenvalue weighted by Crippen LogP contribution is -2.57. The minimum absolute atomic E-state index is 0.0659. The highest BCUT2D eigenvalue weighted by Crippen LogP contribution is 2.36. The van der Waals surface area contributed by atoms with E-state index in [1.807, 2.05) is 30.3 Å². The first kappa shape index (κ1) is 24.3. The number of hydrogen-bond acceptors (Lipinski definition) is 5. The molecule has 2 aliphatic rings. The molecule has 1 saturated heterocycles. The Bertz CT molecular complexity index is 1390. The molecule has 3 aromatic rings. The molecule has 0 bridgehead atoms. The van der Waals surface area contributed by atoms with E-state index in [1.54, 1.807) is 13.2 Å². The first-order valence-electron chi connectivity index (χ1n) is 11.8. The van der Waals surface area contributed by atoms with Gasteiger partial charge in [0, 0.05) is 6.04 Å². The van der Waals surface area contributed by atoms with Gasteiger partial charge in [-0.1, -0.05) is 55.3 Å². The number of urea groups is 1. The van der Waals surface area contributed by atoms with Crippen LogP contribution in [0.3, 0.4) is 0 Å². The molecular formula is C28H25IN2O5. The Labute approximate surface area is 222 Å². The number of carbonyl (C=O) groups is 3. The lowest BCUT2D eigenvalue weighted by Gasteiger charge is -2.31. The highest BCUT2D eigenvalue weighted by Gasteiger charge is 2.40. The number of nitrogens with one attached hydrogen (secondary N) is 1. The number of rotatable bonds is 6. The van der Waals surface area contributed by atoms with Crippen molar-refractivity contribution in [3.63, 3.8) is 0 Å². The number of carbonyl (C=O) groups excluding carboxylic acids is 3. The zero-order chi connectivity index (χ0) is 25.2. The van der Waals surface area contributed by atoms with Crippen molar-refractivity contribution in [2.75, 3.05) is 7.11 Å². The summed E-state index contributed by atoms with van der Waals surface area (Å²) in [5, 5.41) is 4.58. The van der Waals surface area contributed by atoms with E-state index < -0.39 is 17.8 Å². The molecule has 184 valence electrons. The molecule has 0 radical (unpaired) electrons. The number of nitrogens with zero attached hydrogens (tertiary/aromatic N) is 1. The summed E-state index contributed by atoms with van der Waals surface area (Å²) in [4.78, 5) is 39.3. The Kier molecular flexibility index (Phi) is 6.95. The predicted octanol–water partition coefficient (Wildman–Crippen LogP) is 5.44. The topological polar surface area (TPSA) is 84.9 Å². The number of amides is 4. The zero-order valence-electron chi connectivity index (χ0n) is 19.8. The van der Waals surface area contributed by atoms with Crippen LogP contribution < -0.4 is 14.8 Å². The molecule has 1 heterocycles. The second kappa shape index (κ2) is 10.3. The average molecular weight is 596 g/mol. The number of ether oxygens (including phenoxy) is 2. The minimum atomic E-state index is -0.690. The third kappa shape index (κ3) is 4.69. The van der Waals surface area contributed by atoms with Crippen molar-refractivity contribution in [3.05, 3.63) is 74.9 Å². The summed E-state index contributed by atoms with van der Waals surface area (Å²) in [7, 11) is 1.55. The van der Waals surface area contributed by atoms with Crippen molar-refractivity contribution in [1.29, 1.82) is 0 Å². The first-order chi connectivity index (χ1) is 17.5. The van der Waals surface area contributed by atoms with Gasteiger partial charge in [0.15, 0.2) is 11.5 Å². The maximum atomic E-state index is 13.1.